The summed E-state index contributed by atoms with van der Waals surface area (Å²) in [6.07, 6.45) is 0. The second kappa shape index (κ2) is 11.6. The van der Waals surface area contributed by atoms with Crippen LogP contribution in [0, 0.1) is 27.7 Å². The van der Waals surface area contributed by atoms with Crippen molar-refractivity contribution in [2.75, 3.05) is 0 Å². The number of halogens is 2. The van der Waals surface area contributed by atoms with E-state index in [2.05, 4.69) is 100 Å². The fourth-order valence-corrected chi connectivity index (χ4v) is 3.15. The third-order valence-corrected chi connectivity index (χ3v) is 4.94. The Labute approximate surface area is 194 Å². The van der Waals surface area contributed by atoms with Gasteiger partial charge >= 0.3 is 26.2 Å². The Hall–Kier alpha value is -1.14. The molecule has 0 nitrogen and oxygen atoms in total. The Balaban J connectivity index is 0.000000498. The third kappa shape index (κ3) is 5.92. The first-order chi connectivity index (χ1) is 11.6. The Morgan fingerprint density at radius 1 is 0.815 bits per heavy atom. The second-order valence-electron chi connectivity index (χ2n) is 6.46. The molecule has 0 unspecified atom stereocenters. The largest absolute Gasteiger partial charge is 4.00 e. The average molecular weight is 475 g/mol. The van der Waals surface area contributed by atoms with Crippen LogP contribution >= 0.6 is 0 Å². The van der Waals surface area contributed by atoms with Gasteiger partial charge in [0.2, 0.25) is 0 Å². The van der Waals surface area contributed by atoms with Gasteiger partial charge in [0.05, 0.1) is 0 Å². The normalized spacial score (nSPS) is 9.33. The third-order valence-electron chi connectivity index (χ3n) is 4.94. The minimum absolute atomic E-state index is 0. The van der Waals surface area contributed by atoms with Crippen LogP contribution in [0.2, 0.25) is 0 Å². The van der Waals surface area contributed by atoms with E-state index in [4.69, 9.17) is 0 Å². The molecule has 0 atom stereocenters. The van der Waals surface area contributed by atoms with Crippen LogP contribution in [0.25, 0.3) is 21.9 Å². The van der Waals surface area contributed by atoms with E-state index in [1.54, 1.807) is 0 Å². The van der Waals surface area contributed by atoms with Gasteiger partial charge in [-0.1, -0.05) is 69.7 Å². The Morgan fingerprint density at radius 3 is 1.93 bits per heavy atom. The molecule has 3 heteroatoms. The summed E-state index contributed by atoms with van der Waals surface area (Å²) in [6, 6.07) is 25.6. The second-order valence-corrected chi connectivity index (χ2v) is 6.46. The summed E-state index contributed by atoms with van der Waals surface area (Å²) < 4.78 is 0. The summed E-state index contributed by atoms with van der Waals surface area (Å²) >= 11 is 0. The number of fused-ring (bicyclic) bond motifs is 1. The topological polar surface area (TPSA) is 0 Å². The summed E-state index contributed by atoms with van der Waals surface area (Å²) in [5.74, 6) is 0. The molecule has 4 aromatic rings. The van der Waals surface area contributed by atoms with Gasteiger partial charge in [-0.05, 0) is 0 Å². The fourth-order valence-electron chi connectivity index (χ4n) is 3.15. The molecule has 0 radical (unpaired) electrons. The van der Waals surface area contributed by atoms with Crippen molar-refractivity contribution >= 4 is 10.8 Å². The number of rotatable bonds is 1. The summed E-state index contributed by atoms with van der Waals surface area (Å²) in [6.45, 7) is 8.68. The van der Waals surface area contributed by atoms with Crippen molar-refractivity contribution in [2.45, 2.75) is 27.7 Å². The number of aryl methyl sites for hydroxylation is 2. The van der Waals surface area contributed by atoms with Gasteiger partial charge in [-0.15, -0.1) is 46.7 Å². The van der Waals surface area contributed by atoms with Gasteiger partial charge in [0.15, 0.2) is 0 Å². The zero-order chi connectivity index (χ0) is 17.1. The summed E-state index contributed by atoms with van der Waals surface area (Å²) in [4.78, 5) is 0. The molecule has 0 heterocycles. The van der Waals surface area contributed by atoms with Crippen LogP contribution in [0.5, 0.6) is 0 Å². The van der Waals surface area contributed by atoms with Gasteiger partial charge in [0.1, 0.15) is 0 Å². The van der Waals surface area contributed by atoms with Crippen molar-refractivity contribution in [2.24, 2.45) is 0 Å². The smallest absolute Gasteiger partial charge is 1.00 e. The molecular weight excluding hydrogens is 450 g/mol. The SMILES string of the molecule is Cc1c[c-](C)c(C)c1C.[Cl-].[Cl-].[Zr+4].c1ccc(-c2c[cH-]c3ccccc23)cc1. The maximum Gasteiger partial charge on any atom is 4.00 e. The molecular formula is C24H24Cl2Zr. The standard InChI is InChI=1S/C15H11.C9H13.2ClH.Zr/c1-2-6-12(7-3-1)15-11-10-13-8-4-5-9-14(13)15;1-6-5-7(2)9(4)8(6)3;;;/h1-11H;5H,1-4H3;2*1H;/q2*-1;;;+4/p-2. The van der Waals surface area contributed by atoms with Crippen molar-refractivity contribution < 1.29 is 51.0 Å². The van der Waals surface area contributed by atoms with E-state index in [0.717, 1.165) is 0 Å². The summed E-state index contributed by atoms with van der Waals surface area (Å²) in [5, 5.41) is 2.65. The van der Waals surface area contributed by atoms with Crippen molar-refractivity contribution in [3.63, 3.8) is 0 Å². The van der Waals surface area contributed by atoms with E-state index in [9.17, 15) is 0 Å². The number of hydrogen-bond acceptors (Lipinski definition) is 0. The molecule has 0 amide bonds. The van der Waals surface area contributed by atoms with E-state index >= 15 is 0 Å². The molecule has 0 saturated carbocycles. The first-order valence-corrected chi connectivity index (χ1v) is 8.48. The minimum Gasteiger partial charge on any atom is -1.00 e. The van der Waals surface area contributed by atoms with Gasteiger partial charge in [-0.2, -0.15) is 28.3 Å². The van der Waals surface area contributed by atoms with Gasteiger partial charge < -0.3 is 24.8 Å². The molecule has 0 fully saturated rings. The van der Waals surface area contributed by atoms with Gasteiger partial charge in [-0.3, -0.25) is 0 Å². The van der Waals surface area contributed by atoms with Crippen LogP contribution < -0.4 is 24.8 Å². The number of benzene rings is 2. The fraction of sp³-hybridized carbons (Fsp3) is 0.167. The van der Waals surface area contributed by atoms with Gasteiger partial charge in [-0.25, -0.2) is 0 Å². The van der Waals surface area contributed by atoms with Crippen LogP contribution in [0.1, 0.15) is 22.3 Å². The van der Waals surface area contributed by atoms with Crippen LogP contribution in [0.3, 0.4) is 0 Å². The molecule has 0 bridgehead atoms. The van der Waals surface area contributed by atoms with Crippen molar-refractivity contribution in [1.82, 2.24) is 0 Å². The Kier molecular flexibility index (Phi) is 11.2. The van der Waals surface area contributed by atoms with Crippen LogP contribution in [0.15, 0.2) is 72.8 Å². The Bertz CT molecular complexity index is 927. The molecule has 0 spiro atoms. The predicted molar refractivity (Wildman–Crippen MR) is 106 cm³/mol. The number of hydrogen-bond donors (Lipinski definition) is 0. The van der Waals surface area contributed by atoms with Gasteiger partial charge in [0.25, 0.3) is 0 Å². The molecule has 4 aromatic carbocycles. The van der Waals surface area contributed by atoms with Crippen molar-refractivity contribution in [1.29, 1.82) is 0 Å². The molecule has 0 aromatic heterocycles. The molecule has 0 N–H and O–H groups in total. The first kappa shape index (κ1) is 25.9. The van der Waals surface area contributed by atoms with Crippen LogP contribution in [-0.2, 0) is 26.2 Å². The zero-order valence-electron chi connectivity index (χ0n) is 16.2. The quantitative estimate of drug-likeness (QED) is 0.359. The van der Waals surface area contributed by atoms with E-state index in [1.807, 2.05) is 0 Å². The first-order valence-electron chi connectivity index (χ1n) is 8.48. The van der Waals surface area contributed by atoms with E-state index in [0.29, 0.717) is 0 Å². The van der Waals surface area contributed by atoms with Crippen molar-refractivity contribution in [3.05, 3.63) is 95.1 Å². The predicted octanol–water partition coefficient (Wildman–Crippen LogP) is 0.870. The van der Waals surface area contributed by atoms with Crippen LogP contribution in [-0.4, -0.2) is 0 Å². The summed E-state index contributed by atoms with van der Waals surface area (Å²) in [5.41, 5.74) is 8.36. The average Bonchev–Trinajstić information content (AvgIpc) is 3.14. The zero-order valence-corrected chi connectivity index (χ0v) is 20.2. The van der Waals surface area contributed by atoms with Gasteiger partial charge in [0, 0.05) is 0 Å². The maximum absolute atomic E-state index is 2.24. The summed E-state index contributed by atoms with van der Waals surface area (Å²) in [7, 11) is 0. The minimum atomic E-state index is 0. The molecule has 27 heavy (non-hydrogen) atoms. The Morgan fingerprint density at radius 2 is 1.41 bits per heavy atom. The molecule has 0 aliphatic rings. The molecule has 4 rings (SSSR count). The molecule has 138 valence electrons. The maximum atomic E-state index is 2.24. The molecule has 0 saturated heterocycles. The monoisotopic (exact) mass is 472 g/mol. The molecule has 0 aliphatic heterocycles. The molecule has 0 aliphatic carbocycles. The van der Waals surface area contributed by atoms with E-state index in [1.165, 1.54) is 44.2 Å². The van der Waals surface area contributed by atoms with Crippen molar-refractivity contribution in [3.8, 4) is 11.1 Å². The van der Waals surface area contributed by atoms with E-state index in [-0.39, 0.29) is 51.0 Å². The van der Waals surface area contributed by atoms with Crippen LogP contribution in [0.4, 0.5) is 0 Å². The van der Waals surface area contributed by atoms with E-state index < -0.39 is 0 Å².